The fraction of sp³-hybridized carbons (Fsp3) is 0.0556. The number of hydrogen-bond acceptors (Lipinski definition) is 3. The Hall–Kier alpha value is -2.92. The third-order valence-corrected chi connectivity index (χ3v) is 3.71. The zero-order chi connectivity index (χ0) is 17.1. The molecule has 3 aromatic rings. The molecule has 120 valence electrons. The zero-order valence-corrected chi connectivity index (χ0v) is 13.7. The molecule has 0 fully saturated rings. The first kappa shape index (κ1) is 16.0. The highest BCUT2D eigenvalue weighted by molar-refractivity contribution is 6.31. The number of aliphatic imine (C=N–C) groups is 1. The molecule has 3 rings (SSSR count). The number of fused-ring (bicyclic) bond motifs is 1. The van der Waals surface area contributed by atoms with Crippen LogP contribution in [0.3, 0.4) is 0 Å². The van der Waals surface area contributed by atoms with Crippen molar-refractivity contribution >= 4 is 40.1 Å². The van der Waals surface area contributed by atoms with Gasteiger partial charge in [-0.3, -0.25) is 15.1 Å². The monoisotopic (exact) mass is 338 g/mol. The van der Waals surface area contributed by atoms with Crippen molar-refractivity contribution in [2.24, 2.45) is 10.7 Å². The summed E-state index contributed by atoms with van der Waals surface area (Å²) >= 11 is 6.11. The van der Waals surface area contributed by atoms with E-state index in [9.17, 15) is 4.79 Å². The Balaban J connectivity index is 1.93. The lowest BCUT2D eigenvalue weighted by atomic mass is 10.1. The molecule has 0 radical (unpaired) electrons. The number of para-hydroxylation sites is 1. The number of nitrogens with two attached hydrogens (primary N) is 1. The average molecular weight is 339 g/mol. The molecule has 0 bridgehead atoms. The van der Waals surface area contributed by atoms with Crippen molar-refractivity contribution in [3.63, 3.8) is 0 Å². The predicted molar refractivity (Wildman–Crippen MR) is 96.7 cm³/mol. The van der Waals surface area contributed by atoms with Gasteiger partial charge in [-0.05, 0) is 42.8 Å². The van der Waals surface area contributed by atoms with Crippen LogP contribution in [0, 0.1) is 6.92 Å². The first-order chi connectivity index (χ1) is 11.5. The van der Waals surface area contributed by atoms with Crippen molar-refractivity contribution in [2.75, 3.05) is 0 Å². The molecule has 1 aromatic heterocycles. The van der Waals surface area contributed by atoms with Gasteiger partial charge in [0.2, 0.25) is 5.96 Å². The minimum Gasteiger partial charge on any atom is -0.369 e. The summed E-state index contributed by atoms with van der Waals surface area (Å²) in [6.45, 7) is 1.90. The highest BCUT2D eigenvalue weighted by atomic mass is 35.5. The maximum absolute atomic E-state index is 12.5. The van der Waals surface area contributed by atoms with Crippen molar-refractivity contribution in [2.45, 2.75) is 6.92 Å². The van der Waals surface area contributed by atoms with Crippen molar-refractivity contribution in [3.05, 3.63) is 70.9 Å². The van der Waals surface area contributed by atoms with Crippen LogP contribution < -0.4 is 11.1 Å². The highest BCUT2D eigenvalue weighted by Gasteiger charge is 2.13. The summed E-state index contributed by atoms with van der Waals surface area (Å²) in [4.78, 5) is 21.0. The summed E-state index contributed by atoms with van der Waals surface area (Å²) < 4.78 is 0. The number of benzene rings is 2. The predicted octanol–water partition coefficient (Wildman–Crippen LogP) is 3.57. The minimum atomic E-state index is -0.360. The van der Waals surface area contributed by atoms with E-state index in [4.69, 9.17) is 17.3 Å². The second-order valence-corrected chi connectivity index (χ2v) is 5.70. The Kier molecular flexibility index (Phi) is 4.44. The molecule has 0 spiro atoms. The second kappa shape index (κ2) is 6.68. The van der Waals surface area contributed by atoms with Crippen LogP contribution in [0.1, 0.15) is 15.9 Å². The summed E-state index contributed by atoms with van der Waals surface area (Å²) in [6.07, 6.45) is 1.59. The highest BCUT2D eigenvalue weighted by Crippen LogP contribution is 2.24. The molecule has 2 aromatic carbocycles. The van der Waals surface area contributed by atoms with Gasteiger partial charge in [-0.1, -0.05) is 29.8 Å². The maximum atomic E-state index is 12.5. The first-order valence-corrected chi connectivity index (χ1v) is 7.68. The number of aryl methyl sites for hydroxylation is 1. The molecular weight excluding hydrogens is 324 g/mol. The number of amides is 1. The molecule has 0 aliphatic carbocycles. The summed E-state index contributed by atoms with van der Waals surface area (Å²) in [6, 6.07) is 14.3. The molecule has 24 heavy (non-hydrogen) atoms. The Morgan fingerprint density at radius 3 is 2.71 bits per heavy atom. The van der Waals surface area contributed by atoms with Crippen molar-refractivity contribution < 1.29 is 4.79 Å². The van der Waals surface area contributed by atoms with Gasteiger partial charge in [0, 0.05) is 16.6 Å². The summed E-state index contributed by atoms with van der Waals surface area (Å²) in [5, 5.41) is 3.82. The fourth-order valence-corrected chi connectivity index (χ4v) is 2.71. The minimum absolute atomic E-state index is 0.0231. The quantitative estimate of drug-likeness (QED) is 0.553. The summed E-state index contributed by atoms with van der Waals surface area (Å²) in [5.41, 5.74) is 8.56. The molecule has 0 aliphatic rings. The van der Waals surface area contributed by atoms with E-state index in [0.29, 0.717) is 21.7 Å². The topological polar surface area (TPSA) is 80.4 Å². The van der Waals surface area contributed by atoms with Crippen molar-refractivity contribution in [3.8, 4) is 0 Å². The Bertz CT molecular complexity index is 938. The molecule has 0 aliphatic heterocycles. The molecule has 0 unspecified atom stereocenters. The molecule has 0 saturated heterocycles. The van der Waals surface area contributed by atoms with Crippen molar-refractivity contribution in [1.82, 2.24) is 10.3 Å². The van der Waals surface area contributed by atoms with Gasteiger partial charge in [-0.2, -0.15) is 0 Å². The van der Waals surface area contributed by atoms with Gasteiger partial charge in [-0.15, -0.1) is 0 Å². The number of rotatable bonds is 2. The first-order valence-electron chi connectivity index (χ1n) is 7.30. The van der Waals surface area contributed by atoms with Gasteiger partial charge in [-0.25, -0.2) is 4.99 Å². The number of aromatic nitrogens is 1. The van der Waals surface area contributed by atoms with Crippen LogP contribution in [0.4, 0.5) is 5.69 Å². The van der Waals surface area contributed by atoms with Gasteiger partial charge in [0.1, 0.15) is 0 Å². The van der Waals surface area contributed by atoms with E-state index in [-0.39, 0.29) is 11.9 Å². The van der Waals surface area contributed by atoms with Crippen LogP contribution in [0.2, 0.25) is 5.02 Å². The van der Waals surface area contributed by atoms with Gasteiger partial charge in [0.15, 0.2) is 0 Å². The molecule has 1 amide bonds. The number of hydrogen-bond donors (Lipinski definition) is 2. The van der Waals surface area contributed by atoms with Crippen LogP contribution in [-0.2, 0) is 0 Å². The lowest BCUT2D eigenvalue weighted by Crippen LogP contribution is -2.36. The smallest absolute Gasteiger partial charge is 0.258 e. The van der Waals surface area contributed by atoms with Crippen LogP contribution >= 0.6 is 11.6 Å². The van der Waals surface area contributed by atoms with Crippen LogP contribution in [-0.4, -0.2) is 16.9 Å². The Morgan fingerprint density at radius 1 is 1.21 bits per heavy atom. The number of halogens is 1. The van der Waals surface area contributed by atoms with Crippen LogP contribution in [0.15, 0.2) is 59.7 Å². The number of nitrogens with one attached hydrogen (secondary N) is 1. The standard InChI is InChI=1S/C18H15ClN4O/c1-11-9-12(19)10-15-14(7-8-21-16(11)15)17(24)23-18(20)22-13-5-3-2-4-6-13/h2-10H,1H3,(H3,20,22,23,24). The van der Waals surface area contributed by atoms with Crippen molar-refractivity contribution in [1.29, 1.82) is 0 Å². The number of carbonyl (C=O) groups is 1. The summed E-state index contributed by atoms with van der Waals surface area (Å²) in [7, 11) is 0. The lowest BCUT2D eigenvalue weighted by Gasteiger charge is -2.09. The van der Waals surface area contributed by atoms with Gasteiger partial charge >= 0.3 is 0 Å². The molecule has 1 heterocycles. The SMILES string of the molecule is Cc1cc(Cl)cc2c(C(=O)NC(N)=Nc3ccccc3)ccnc12. The van der Waals surface area contributed by atoms with Gasteiger partial charge in [0.05, 0.1) is 16.8 Å². The third kappa shape index (κ3) is 3.36. The number of carbonyl (C=O) groups excluding carboxylic acids is 1. The molecule has 0 saturated carbocycles. The van der Waals surface area contributed by atoms with E-state index in [0.717, 1.165) is 11.1 Å². The van der Waals surface area contributed by atoms with Gasteiger partial charge < -0.3 is 5.73 Å². The molecule has 5 nitrogen and oxygen atoms in total. The number of nitrogens with zero attached hydrogens (tertiary/aromatic N) is 2. The largest absolute Gasteiger partial charge is 0.369 e. The zero-order valence-electron chi connectivity index (χ0n) is 13.0. The summed E-state index contributed by atoms with van der Waals surface area (Å²) in [5.74, 6) is -0.337. The Labute approximate surface area is 144 Å². The molecule has 3 N–H and O–H groups in total. The normalized spacial score (nSPS) is 11.5. The van der Waals surface area contributed by atoms with Crippen LogP contribution in [0.5, 0.6) is 0 Å². The van der Waals surface area contributed by atoms with E-state index in [2.05, 4.69) is 15.3 Å². The van der Waals surface area contributed by atoms with Crippen LogP contribution in [0.25, 0.3) is 10.9 Å². The Morgan fingerprint density at radius 2 is 1.96 bits per heavy atom. The molecule has 6 heteroatoms. The van der Waals surface area contributed by atoms with E-state index in [1.165, 1.54) is 0 Å². The second-order valence-electron chi connectivity index (χ2n) is 5.26. The molecular formula is C18H15ClN4O. The van der Waals surface area contributed by atoms with E-state index >= 15 is 0 Å². The maximum Gasteiger partial charge on any atom is 0.258 e. The number of pyridine rings is 1. The van der Waals surface area contributed by atoms with E-state index in [1.54, 1.807) is 30.5 Å². The van der Waals surface area contributed by atoms with E-state index < -0.39 is 0 Å². The number of guanidine groups is 1. The fourth-order valence-electron chi connectivity index (χ4n) is 2.44. The third-order valence-electron chi connectivity index (χ3n) is 3.49. The lowest BCUT2D eigenvalue weighted by molar-refractivity contribution is 0.0978. The van der Waals surface area contributed by atoms with E-state index in [1.807, 2.05) is 31.2 Å². The molecule has 0 atom stereocenters. The average Bonchev–Trinajstić information content (AvgIpc) is 2.55. The van der Waals surface area contributed by atoms with Gasteiger partial charge in [0.25, 0.3) is 5.91 Å².